The molecule has 94 valence electrons. The summed E-state index contributed by atoms with van der Waals surface area (Å²) in [6.45, 7) is 5.29. The van der Waals surface area contributed by atoms with Gasteiger partial charge < -0.3 is 9.64 Å². The maximum Gasteiger partial charge on any atom is 0.119 e. The number of methoxy groups -OCH3 is 1. The highest BCUT2D eigenvalue weighted by Crippen LogP contribution is 2.12. The molecular formula is C13H21N3O. The predicted molar refractivity (Wildman–Crippen MR) is 68.9 cm³/mol. The molecule has 1 aromatic rings. The van der Waals surface area contributed by atoms with Gasteiger partial charge in [-0.2, -0.15) is 0 Å². The topological polar surface area (TPSA) is 27.7 Å². The van der Waals surface area contributed by atoms with E-state index in [1.165, 1.54) is 5.56 Å². The van der Waals surface area contributed by atoms with Crippen LogP contribution in [0.2, 0.25) is 0 Å². The van der Waals surface area contributed by atoms with Gasteiger partial charge in [-0.15, -0.1) is 0 Å². The Kier molecular flexibility index (Phi) is 4.36. The fourth-order valence-corrected chi connectivity index (χ4v) is 1.95. The minimum Gasteiger partial charge on any atom is -0.497 e. The Morgan fingerprint density at radius 1 is 1.24 bits per heavy atom. The van der Waals surface area contributed by atoms with E-state index in [1.54, 1.807) is 7.11 Å². The van der Waals surface area contributed by atoms with Gasteiger partial charge in [-0.25, -0.2) is 5.01 Å². The van der Waals surface area contributed by atoms with Crippen molar-refractivity contribution < 1.29 is 4.74 Å². The molecule has 1 heterocycles. The van der Waals surface area contributed by atoms with E-state index in [1.807, 2.05) is 12.1 Å². The predicted octanol–water partition coefficient (Wildman–Crippen LogP) is 0.947. The fraction of sp³-hybridized carbons (Fsp3) is 0.538. The summed E-state index contributed by atoms with van der Waals surface area (Å²) in [7, 11) is 3.87. The van der Waals surface area contributed by atoms with Crippen molar-refractivity contribution in [3.8, 4) is 5.75 Å². The van der Waals surface area contributed by atoms with Crippen LogP contribution in [-0.2, 0) is 6.54 Å². The van der Waals surface area contributed by atoms with Gasteiger partial charge in [0.05, 0.1) is 7.11 Å². The lowest BCUT2D eigenvalue weighted by Gasteiger charge is -2.32. The molecule has 1 N–H and O–H groups in total. The molecule has 17 heavy (non-hydrogen) atoms. The van der Waals surface area contributed by atoms with Crippen molar-refractivity contribution in [1.82, 2.24) is 15.3 Å². The first-order chi connectivity index (χ1) is 8.28. The largest absolute Gasteiger partial charge is 0.497 e. The Hall–Kier alpha value is -1.10. The van der Waals surface area contributed by atoms with Crippen LogP contribution in [0.15, 0.2) is 24.3 Å². The van der Waals surface area contributed by atoms with E-state index in [0.717, 1.165) is 38.5 Å². The zero-order valence-corrected chi connectivity index (χ0v) is 10.6. The van der Waals surface area contributed by atoms with Crippen LogP contribution in [0, 0.1) is 0 Å². The third kappa shape index (κ3) is 3.70. The summed E-state index contributed by atoms with van der Waals surface area (Å²) in [5.74, 6) is 0.919. The van der Waals surface area contributed by atoms with Crippen LogP contribution in [0.4, 0.5) is 0 Å². The van der Waals surface area contributed by atoms with Crippen molar-refractivity contribution in [2.45, 2.75) is 6.54 Å². The SMILES string of the molecule is COc1cccc(CNN2CCN(C)CC2)c1. The molecule has 1 aliphatic rings. The van der Waals surface area contributed by atoms with Crippen LogP contribution >= 0.6 is 0 Å². The van der Waals surface area contributed by atoms with Crippen molar-refractivity contribution in [2.24, 2.45) is 0 Å². The number of nitrogens with zero attached hydrogens (tertiary/aromatic N) is 2. The Morgan fingerprint density at radius 2 is 2.00 bits per heavy atom. The molecule has 0 aromatic heterocycles. The first-order valence-corrected chi connectivity index (χ1v) is 6.08. The molecule has 1 aromatic carbocycles. The zero-order valence-electron chi connectivity index (χ0n) is 10.6. The maximum atomic E-state index is 5.21. The number of hydrazine groups is 1. The number of piperazine rings is 1. The molecular weight excluding hydrogens is 214 g/mol. The van der Waals surface area contributed by atoms with Crippen molar-refractivity contribution in [3.05, 3.63) is 29.8 Å². The quantitative estimate of drug-likeness (QED) is 0.841. The second-order valence-corrected chi connectivity index (χ2v) is 4.48. The lowest BCUT2D eigenvalue weighted by atomic mass is 10.2. The molecule has 4 heteroatoms. The molecule has 1 fully saturated rings. The summed E-state index contributed by atoms with van der Waals surface area (Å²) in [6.07, 6.45) is 0. The van der Waals surface area contributed by atoms with Gasteiger partial charge in [0.25, 0.3) is 0 Å². The second kappa shape index (κ2) is 6.00. The van der Waals surface area contributed by atoms with E-state index >= 15 is 0 Å². The van der Waals surface area contributed by atoms with Crippen molar-refractivity contribution in [2.75, 3.05) is 40.3 Å². The first kappa shape index (κ1) is 12.4. The summed E-state index contributed by atoms with van der Waals surface area (Å²) in [6, 6.07) is 8.19. The Morgan fingerprint density at radius 3 is 2.71 bits per heavy atom. The van der Waals surface area contributed by atoms with Crippen LogP contribution in [0.5, 0.6) is 5.75 Å². The van der Waals surface area contributed by atoms with Crippen LogP contribution in [0.3, 0.4) is 0 Å². The molecule has 0 atom stereocenters. The van der Waals surface area contributed by atoms with Crippen LogP contribution in [0.1, 0.15) is 5.56 Å². The molecule has 1 aliphatic heterocycles. The third-order valence-electron chi connectivity index (χ3n) is 3.14. The van der Waals surface area contributed by atoms with Crippen LogP contribution in [-0.4, -0.2) is 50.2 Å². The number of hydrogen-bond donors (Lipinski definition) is 1. The molecule has 0 aliphatic carbocycles. The van der Waals surface area contributed by atoms with E-state index in [-0.39, 0.29) is 0 Å². The maximum absolute atomic E-state index is 5.21. The summed E-state index contributed by atoms with van der Waals surface area (Å²) in [5, 5.41) is 2.29. The lowest BCUT2D eigenvalue weighted by Crippen LogP contribution is -2.50. The molecule has 4 nitrogen and oxygen atoms in total. The second-order valence-electron chi connectivity index (χ2n) is 4.48. The van der Waals surface area contributed by atoms with Gasteiger partial charge in [0.2, 0.25) is 0 Å². The number of ether oxygens (including phenoxy) is 1. The summed E-state index contributed by atoms with van der Waals surface area (Å²) < 4.78 is 5.21. The number of nitrogens with one attached hydrogen (secondary N) is 1. The number of benzene rings is 1. The Balaban J connectivity index is 1.81. The van der Waals surface area contributed by atoms with E-state index < -0.39 is 0 Å². The molecule has 0 saturated carbocycles. The molecule has 0 spiro atoms. The smallest absolute Gasteiger partial charge is 0.119 e. The third-order valence-corrected chi connectivity index (χ3v) is 3.14. The highest BCUT2D eigenvalue weighted by Gasteiger charge is 2.12. The molecule has 0 unspecified atom stereocenters. The summed E-state index contributed by atoms with van der Waals surface area (Å²) in [4.78, 5) is 2.35. The van der Waals surface area contributed by atoms with Gasteiger partial charge in [-0.1, -0.05) is 12.1 Å². The van der Waals surface area contributed by atoms with E-state index in [2.05, 4.69) is 34.5 Å². The molecule has 0 radical (unpaired) electrons. The molecule has 0 amide bonds. The monoisotopic (exact) mass is 235 g/mol. The number of hydrogen-bond acceptors (Lipinski definition) is 4. The average Bonchev–Trinajstić information content (AvgIpc) is 2.38. The number of rotatable bonds is 4. The molecule has 2 rings (SSSR count). The Labute approximate surface area is 103 Å². The Bertz CT molecular complexity index is 348. The highest BCUT2D eigenvalue weighted by atomic mass is 16.5. The average molecular weight is 235 g/mol. The van der Waals surface area contributed by atoms with E-state index in [0.29, 0.717) is 0 Å². The normalized spacial score (nSPS) is 18.2. The van der Waals surface area contributed by atoms with Crippen LogP contribution in [0.25, 0.3) is 0 Å². The fourth-order valence-electron chi connectivity index (χ4n) is 1.95. The first-order valence-electron chi connectivity index (χ1n) is 6.08. The van der Waals surface area contributed by atoms with Gasteiger partial charge in [0.1, 0.15) is 5.75 Å². The zero-order chi connectivity index (χ0) is 12.1. The van der Waals surface area contributed by atoms with E-state index in [4.69, 9.17) is 4.74 Å². The molecule has 1 saturated heterocycles. The summed E-state index contributed by atoms with van der Waals surface area (Å²) >= 11 is 0. The van der Waals surface area contributed by atoms with Crippen molar-refractivity contribution in [3.63, 3.8) is 0 Å². The minimum absolute atomic E-state index is 0.862. The minimum atomic E-state index is 0.862. The van der Waals surface area contributed by atoms with Crippen molar-refractivity contribution >= 4 is 0 Å². The molecule has 0 bridgehead atoms. The van der Waals surface area contributed by atoms with Crippen molar-refractivity contribution in [1.29, 1.82) is 0 Å². The van der Waals surface area contributed by atoms with Crippen LogP contribution < -0.4 is 10.2 Å². The summed E-state index contributed by atoms with van der Waals surface area (Å²) in [5.41, 5.74) is 4.71. The van der Waals surface area contributed by atoms with E-state index in [9.17, 15) is 0 Å². The highest BCUT2D eigenvalue weighted by molar-refractivity contribution is 5.28. The van der Waals surface area contributed by atoms with Gasteiger partial charge in [0.15, 0.2) is 0 Å². The van der Waals surface area contributed by atoms with Gasteiger partial charge in [0, 0.05) is 32.7 Å². The van der Waals surface area contributed by atoms with Gasteiger partial charge >= 0.3 is 0 Å². The van der Waals surface area contributed by atoms with Gasteiger partial charge in [-0.3, -0.25) is 5.43 Å². The standard InChI is InChI=1S/C13H21N3O/c1-15-6-8-16(9-7-15)14-11-12-4-3-5-13(10-12)17-2/h3-5,10,14H,6-9,11H2,1-2H3. The number of likely N-dealkylation sites (N-methyl/N-ethyl adjacent to an activating group) is 1. The lowest BCUT2D eigenvalue weighted by molar-refractivity contribution is 0.102. The van der Waals surface area contributed by atoms with Gasteiger partial charge in [-0.05, 0) is 24.7 Å².